The largest absolute Gasteiger partial charge is 0.507 e. The molecule has 0 fully saturated rings. The summed E-state index contributed by atoms with van der Waals surface area (Å²) in [7, 11) is 1.45. The second-order valence-corrected chi connectivity index (χ2v) is 8.63. The fourth-order valence-corrected chi connectivity index (χ4v) is 4.05. The lowest BCUT2D eigenvalue weighted by atomic mass is 9.92. The number of benzene rings is 2. The predicted molar refractivity (Wildman–Crippen MR) is 120 cm³/mol. The van der Waals surface area contributed by atoms with Crippen LogP contribution in [0, 0.1) is 0 Å². The maximum absolute atomic E-state index is 13.5. The third kappa shape index (κ3) is 3.70. The first kappa shape index (κ1) is 22.5. The Morgan fingerprint density at radius 1 is 1.19 bits per heavy atom. The molecule has 2 heterocycles. The zero-order valence-corrected chi connectivity index (χ0v) is 18.4. The molecule has 1 aliphatic rings. The molecule has 0 spiro atoms. The number of methoxy groups -OCH3 is 1. The van der Waals surface area contributed by atoms with Gasteiger partial charge >= 0.3 is 0 Å². The molecule has 0 bridgehead atoms. The lowest BCUT2D eigenvalue weighted by Crippen LogP contribution is -2.32. The van der Waals surface area contributed by atoms with Crippen LogP contribution in [0.15, 0.2) is 33.0 Å². The smallest absolute Gasteiger partial charge is 0.204 e. The lowest BCUT2D eigenvalue weighted by Gasteiger charge is -2.33. The summed E-state index contributed by atoms with van der Waals surface area (Å²) < 4.78 is 17.4. The summed E-state index contributed by atoms with van der Waals surface area (Å²) in [6.07, 6.45) is 3.66. The van der Waals surface area contributed by atoms with Crippen LogP contribution in [-0.2, 0) is 12.8 Å². The summed E-state index contributed by atoms with van der Waals surface area (Å²) >= 11 is 0. The van der Waals surface area contributed by atoms with E-state index in [9.17, 15) is 15.0 Å². The van der Waals surface area contributed by atoms with Crippen molar-refractivity contribution >= 4 is 21.9 Å². The van der Waals surface area contributed by atoms with Gasteiger partial charge in [0.2, 0.25) is 5.43 Å². The van der Waals surface area contributed by atoms with Gasteiger partial charge in [0.1, 0.15) is 33.7 Å². The van der Waals surface area contributed by atoms with E-state index in [0.717, 1.165) is 12.0 Å². The van der Waals surface area contributed by atoms with Crippen LogP contribution in [0.5, 0.6) is 23.0 Å². The molecule has 0 aliphatic carbocycles. The predicted octanol–water partition coefficient (Wildman–Crippen LogP) is 4.15. The monoisotopic (exact) mass is 428 g/mol. The van der Waals surface area contributed by atoms with Crippen molar-refractivity contribution in [3.8, 4) is 23.0 Å². The molecule has 7 heteroatoms. The highest BCUT2D eigenvalue weighted by molar-refractivity contribution is 5.97. The molecule has 4 rings (SSSR count). The molecule has 0 amide bonds. The van der Waals surface area contributed by atoms with Gasteiger partial charge in [0.25, 0.3) is 0 Å². The van der Waals surface area contributed by atoms with Crippen LogP contribution in [0.3, 0.4) is 0 Å². The fourth-order valence-electron chi connectivity index (χ4n) is 4.05. The van der Waals surface area contributed by atoms with Gasteiger partial charge in [-0.15, -0.1) is 0 Å². The van der Waals surface area contributed by atoms with E-state index in [-0.39, 0.29) is 50.3 Å². The van der Waals surface area contributed by atoms with Crippen molar-refractivity contribution in [3.63, 3.8) is 0 Å². The third-order valence-corrected chi connectivity index (χ3v) is 5.61. The normalized spacial score (nSPS) is 14.5. The Balaban J connectivity index is 0.00000272. The lowest BCUT2D eigenvalue weighted by molar-refractivity contribution is 0.0839. The molecule has 1 aliphatic heterocycles. The van der Waals surface area contributed by atoms with Crippen molar-refractivity contribution in [2.75, 3.05) is 7.11 Å². The summed E-state index contributed by atoms with van der Waals surface area (Å²) in [5.74, 6) is 0.536. The van der Waals surface area contributed by atoms with Crippen LogP contribution in [0.25, 0.3) is 21.9 Å². The van der Waals surface area contributed by atoms with Crippen molar-refractivity contribution in [3.05, 3.63) is 45.1 Å². The van der Waals surface area contributed by atoms with Crippen LogP contribution >= 0.6 is 0 Å². The van der Waals surface area contributed by atoms with E-state index in [1.54, 1.807) is 6.07 Å². The number of fused-ring (bicyclic) bond motifs is 3. The zero-order valence-electron chi connectivity index (χ0n) is 18.4. The Labute approximate surface area is 179 Å². The average Bonchev–Trinajstić information content (AvgIpc) is 2.64. The Morgan fingerprint density at radius 3 is 2.52 bits per heavy atom. The van der Waals surface area contributed by atoms with Gasteiger partial charge in [-0.3, -0.25) is 4.79 Å². The molecular formula is C24H28O7. The summed E-state index contributed by atoms with van der Waals surface area (Å²) in [5.41, 5.74) is 1.94. The number of allylic oxidation sites excluding steroid dienone is 2. The molecule has 1 aromatic heterocycles. The molecule has 3 aromatic rings. The number of ether oxygens (including phenoxy) is 2. The highest BCUT2D eigenvalue weighted by Crippen LogP contribution is 2.44. The minimum atomic E-state index is -0.368. The Morgan fingerprint density at radius 2 is 1.87 bits per heavy atom. The summed E-state index contributed by atoms with van der Waals surface area (Å²) in [6, 6.07) is 3.03. The van der Waals surface area contributed by atoms with E-state index in [0.29, 0.717) is 35.1 Å². The van der Waals surface area contributed by atoms with E-state index in [2.05, 4.69) is 0 Å². The van der Waals surface area contributed by atoms with E-state index in [1.807, 2.05) is 33.8 Å². The van der Waals surface area contributed by atoms with Crippen molar-refractivity contribution in [1.29, 1.82) is 0 Å². The molecule has 2 aromatic carbocycles. The fraction of sp³-hybridized carbons (Fsp3) is 0.375. The molecule has 4 N–H and O–H groups in total. The second-order valence-electron chi connectivity index (χ2n) is 8.63. The molecule has 0 unspecified atom stereocenters. The maximum Gasteiger partial charge on any atom is 0.204 e. The Kier molecular flexibility index (Phi) is 5.67. The van der Waals surface area contributed by atoms with Crippen LogP contribution in [0.4, 0.5) is 0 Å². The molecule has 0 radical (unpaired) electrons. The number of hydrogen-bond donors (Lipinski definition) is 2. The molecule has 0 saturated carbocycles. The van der Waals surface area contributed by atoms with Crippen LogP contribution in [0.1, 0.15) is 45.2 Å². The molecule has 31 heavy (non-hydrogen) atoms. The average molecular weight is 428 g/mol. The first-order valence-corrected chi connectivity index (χ1v) is 9.99. The van der Waals surface area contributed by atoms with Crippen LogP contribution < -0.4 is 14.9 Å². The highest BCUT2D eigenvalue weighted by Gasteiger charge is 2.31. The number of phenols is 2. The molecular weight excluding hydrogens is 400 g/mol. The van der Waals surface area contributed by atoms with E-state index in [4.69, 9.17) is 13.9 Å². The Bertz CT molecular complexity index is 1260. The van der Waals surface area contributed by atoms with Gasteiger partial charge in [-0.25, -0.2) is 0 Å². The van der Waals surface area contributed by atoms with Crippen LogP contribution in [0.2, 0.25) is 0 Å². The summed E-state index contributed by atoms with van der Waals surface area (Å²) in [6.45, 7) is 7.87. The van der Waals surface area contributed by atoms with Crippen LogP contribution in [-0.4, -0.2) is 28.4 Å². The molecule has 166 valence electrons. The molecule has 0 atom stereocenters. The highest BCUT2D eigenvalue weighted by atomic mass is 16.5. The molecule has 0 saturated heterocycles. The van der Waals surface area contributed by atoms with Crippen molar-refractivity contribution in [2.24, 2.45) is 0 Å². The molecule has 7 nitrogen and oxygen atoms in total. The van der Waals surface area contributed by atoms with Gasteiger partial charge in [-0.05, 0) is 47.0 Å². The van der Waals surface area contributed by atoms with Crippen molar-refractivity contribution in [2.45, 2.75) is 52.6 Å². The topological polar surface area (TPSA) is 121 Å². The van der Waals surface area contributed by atoms with Gasteiger partial charge in [-0.2, -0.15) is 0 Å². The van der Waals surface area contributed by atoms with Gasteiger partial charge in [0.05, 0.1) is 12.5 Å². The summed E-state index contributed by atoms with van der Waals surface area (Å²) in [4.78, 5) is 13.5. The third-order valence-electron chi connectivity index (χ3n) is 5.61. The van der Waals surface area contributed by atoms with Gasteiger partial charge < -0.3 is 29.6 Å². The number of aromatic hydroxyl groups is 2. The minimum Gasteiger partial charge on any atom is -0.507 e. The first-order chi connectivity index (χ1) is 14.1. The van der Waals surface area contributed by atoms with Crippen molar-refractivity contribution < 1.29 is 29.6 Å². The Hall–Kier alpha value is -3.19. The quantitative estimate of drug-likeness (QED) is 0.477. The van der Waals surface area contributed by atoms with E-state index < -0.39 is 0 Å². The standard InChI is InChI=1S/C24H26O6.H2O/c1-12(2)6-7-14-19-17(10-15(25)23(14)28-5)29-18-11-16-13(8-9-24(3,4)30-16)21(26)20(18)22(19)27;/h6,10-11,25-26H,7-9H2,1-5H3;1H2. The maximum atomic E-state index is 13.5. The van der Waals surface area contributed by atoms with Gasteiger partial charge in [0.15, 0.2) is 11.5 Å². The summed E-state index contributed by atoms with van der Waals surface area (Å²) in [5, 5.41) is 21.8. The number of rotatable bonds is 3. The number of hydrogen-bond acceptors (Lipinski definition) is 6. The second kappa shape index (κ2) is 7.81. The van der Waals surface area contributed by atoms with E-state index >= 15 is 0 Å². The van der Waals surface area contributed by atoms with Gasteiger partial charge in [-0.1, -0.05) is 11.6 Å². The number of phenolic OH excluding ortho intramolecular Hbond substituents is 2. The van der Waals surface area contributed by atoms with Crippen molar-refractivity contribution in [1.82, 2.24) is 0 Å². The van der Waals surface area contributed by atoms with Gasteiger partial charge in [0, 0.05) is 23.3 Å². The minimum absolute atomic E-state index is 0. The van der Waals surface area contributed by atoms with E-state index in [1.165, 1.54) is 13.2 Å². The zero-order chi connectivity index (χ0) is 21.8. The first-order valence-electron chi connectivity index (χ1n) is 9.99. The SMILES string of the molecule is COc1c(O)cc2oc3cc4c(c(O)c3c(=O)c2c1CC=C(C)C)CCC(C)(C)O4.O.